The quantitative estimate of drug-likeness (QED) is 0.671. The third-order valence-electron chi connectivity index (χ3n) is 5.36. The van der Waals surface area contributed by atoms with Crippen molar-refractivity contribution in [2.45, 2.75) is 39.3 Å². The fourth-order valence-electron chi connectivity index (χ4n) is 3.91. The molecule has 1 saturated heterocycles. The van der Waals surface area contributed by atoms with Gasteiger partial charge in [-0.25, -0.2) is 0 Å². The Morgan fingerprint density at radius 2 is 2.14 bits per heavy atom. The van der Waals surface area contributed by atoms with Crippen LogP contribution in [0.3, 0.4) is 0 Å². The highest BCUT2D eigenvalue weighted by Crippen LogP contribution is 2.34. The molecule has 0 spiro atoms. The fraction of sp³-hybridized carbons (Fsp3) is 0.429. The second kappa shape index (κ2) is 8.32. The Balaban J connectivity index is 1.69. The summed E-state index contributed by atoms with van der Waals surface area (Å²) in [6, 6.07) is 9.29. The molecule has 1 aliphatic rings. The van der Waals surface area contributed by atoms with E-state index in [2.05, 4.69) is 27.3 Å². The van der Waals surface area contributed by atoms with Crippen molar-refractivity contribution in [2.75, 3.05) is 25.0 Å². The Bertz CT molecular complexity index is 990. The van der Waals surface area contributed by atoms with Crippen LogP contribution in [0.25, 0.3) is 16.8 Å². The SMILES string of the molecule is CCN1CCC[C@@H](Nc2nnc(-c3ccc(C)cc3OC(F)F)c3cccn23)C1. The predicted molar refractivity (Wildman–Crippen MR) is 109 cm³/mol. The summed E-state index contributed by atoms with van der Waals surface area (Å²) in [6.45, 7) is 4.22. The Labute approximate surface area is 168 Å². The summed E-state index contributed by atoms with van der Waals surface area (Å²) in [6.07, 6.45) is 4.12. The van der Waals surface area contributed by atoms with Crippen LogP contribution in [0.4, 0.5) is 14.7 Å². The van der Waals surface area contributed by atoms with Gasteiger partial charge in [0.15, 0.2) is 0 Å². The van der Waals surface area contributed by atoms with Crippen LogP contribution in [0, 0.1) is 6.92 Å². The standard InChI is InChI=1S/C21H25F2N5O/c1-3-27-10-4-6-15(13-27)24-21-26-25-19(17-7-5-11-28(17)21)16-9-8-14(2)12-18(16)29-20(22)23/h5,7-9,11-12,15,20H,3-4,6,10,13H2,1-2H3,(H,24,26)/t15-/m1/s1. The largest absolute Gasteiger partial charge is 0.434 e. The molecule has 0 radical (unpaired) electrons. The number of fused-ring (bicyclic) bond motifs is 1. The summed E-state index contributed by atoms with van der Waals surface area (Å²) in [5.74, 6) is 0.754. The number of nitrogens with zero attached hydrogens (tertiary/aromatic N) is 4. The molecular formula is C21H25F2N5O. The number of likely N-dealkylation sites (N-methyl/N-ethyl adjacent to an activating group) is 1. The van der Waals surface area contributed by atoms with Gasteiger partial charge in [-0.3, -0.25) is 4.40 Å². The number of alkyl halides is 2. The maximum atomic E-state index is 12.9. The molecule has 1 aromatic carbocycles. The van der Waals surface area contributed by atoms with Gasteiger partial charge in [-0.2, -0.15) is 8.78 Å². The number of benzene rings is 1. The first kappa shape index (κ1) is 19.6. The van der Waals surface area contributed by atoms with E-state index in [1.807, 2.05) is 35.7 Å². The lowest BCUT2D eigenvalue weighted by atomic mass is 10.1. The fourth-order valence-corrected chi connectivity index (χ4v) is 3.91. The van der Waals surface area contributed by atoms with Crippen LogP contribution in [0.15, 0.2) is 36.5 Å². The summed E-state index contributed by atoms with van der Waals surface area (Å²) in [7, 11) is 0. The Kier molecular flexibility index (Phi) is 5.62. The van der Waals surface area contributed by atoms with Crippen molar-refractivity contribution in [3.8, 4) is 17.0 Å². The van der Waals surface area contributed by atoms with Crippen molar-refractivity contribution in [3.05, 3.63) is 42.1 Å². The molecule has 4 rings (SSSR count). The lowest BCUT2D eigenvalue weighted by molar-refractivity contribution is -0.0494. The van der Waals surface area contributed by atoms with Crippen molar-refractivity contribution in [3.63, 3.8) is 0 Å². The molecule has 1 fully saturated rings. The minimum atomic E-state index is -2.90. The molecule has 8 heteroatoms. The van der Waals surface area contributed by atoms with Crippen molar-refractivity contribution in [2.24, 2.45) is 0 Å². The maximum absolute atomic E-state index is 12.9. The smallest absolute Gasteiger partial charge is 0.387 e. The van der Waals surface area contributed by atoms with Gasteiger partial charge >= 0.3 is 6.61 Å². The van der Waals surface area contributed by atoms with Crippen LogP contribution in [0.1, 0.15) is 25.3 Å². The average Bonchev–Trinajstić information content (AvgIpc) is 3.19. The second-order valence-corrected chi connectivity index (χ2v) is 7.39. The minimum Gasteiger partial charge on any atom is -0.434 e. The summed E-state index contributed by atoms with van der Waals surface area (Å²) in [4.78, 5) is 2.41. The number of aryl methyl sites for hydroxylation is 1. The van der Waals surface area contributed by atoms with Crippen molar-refractivity contribution in [1.82, 2.24) is 19.5 Å². The lowest BCUT2D eigenvalue weighted by Gasteiger charge is -2.32. The van der Waals surface area contributed by atoms with E-state index < -0.39 is 6.61 Å². The van der Waals surface area contributed by atoms with E-state index in [9.17, 15) is 8.78 Å². The zero-order valence-electron chi connectivity index (χ0n) is 16.6. The van der Waals surface area contributed by atoms with Crippen molar-refractivity contribution < 1.29 is 13.5 Å². The minimum absolute atomic E-state index is 0.101. The summed E-state index contributed by atoms with van der Waals surface area (Å²) in [5, 5.41) is 12.3. The molecule has 1 aliphatic heterocycles. The molecular weight excluding hydrogens is 376 g/mol. The molecule has 0 unspecified atom stereocenters. The monoisotopic (exact) mass is 401 g/mol. The van der Waals surface area contributed by atoms with E-state index in [0.29, 0.717) is 23.2 Å². The van der Waals surface area contributed by atoms with E-state index >= 15 is 0 Å². The number of piperidine rings is 1. The van der Waals surface area contributed by atoms with Gasteiger partial charge in [0.1, 0.15) is 11.4 Å². The molecule has 154 valence electrons. The van der Waals surface area contributed by atoms with Crippen molar-refractivity contribution >= 4 is 11.5 Å². The number of halogens is 2. The van der Waals surface area contributed by atoms with E-state index in [4.69, 9.17) is 4.74 Å². The molecule has 2 aromatic heterocycles. The first-order chi connectivity index (χ1) is 14.0. The second-order valence-electron chi connectivity index (χ2n) is 7.39. The first-order valence-electron chi connectivity index (χ1n) is 9.93. The topological polar surface area (TPSA) is 54.7 Å². The molecule has 3 aromatic rings. The van der Waals surface area contributed by atoms with Crippen LogP contribution in [-0.4, -0.2) is 51.8 Å². The van der Waals surface area contributed by atoms with E-state index in [-0.39, 0.29) is 5.75 Å². The predicted octanol–water partition coefficient (Wildman–Crippen LogP) is 4.20. The Morgan fingerprint density at radius 1 is 1.28 bits per heavy atom. The van der Waals surface area contributed by atoms with Crippen LogP contribution in [0.2, 0.25) is 0 Å². The Hall–Kier alpha value is -2.74. The molecule has 6 nitrogen and oxygen atoms in total. The molecule has 1 N–H and O–H groups in total. The van der Waals surface area contributed by atoms with E-state index in [1.54, 1.807) is 12.1 Å². The molecule has 29 heavy (non-hydrogen) atoms. The van der Waals surface area contributed by atoms with E-state index in [0.717, 1.165) is 43.6 Å². The summed E-state index contributed by atoms with van der Waals surface area (Å²) >= 11 is 0. The van der Waals surface area contributed by atoms with Crippen LogP contribution in [-0.2, 0) is 0 Å². The van der Waals surface area contributed by atoms with Gasteiger partial charge in [0.2, 0.25) is 5.95 Å². The molecule has 0 saturated carbocycles. The average molecular weight is 401 g/mol. The normalized spacial score (nSPS) is 17.8. The van der Waals surface area contributed by atoms with Crippen LogP contribution >= 0.6 is 0 Å². The molecule has 3 heterocycles. The van der Waals surface area contributed by atoms with Gasteiger partial charge in [0, 0.05) is 24.3 Å². The zero-order valence-corrected chi connectivity index (χ0v) is 16.6. The number of hydrogen-bond acceptors (Lipinski definition) is 5. The molecule has 1 atom stereocenters. The maximum Gasteiger partial charge on any atom is 0.387 e. The third-order valence-corrected chi connectivity index (χ3v) is 5.36. The van der Waals surface area contributed by atoms with Gasteiger partial charge in [-0.1, -0.05) is 13.0 Å². The number of hydrogen-bond donors (Lipinski definition) is 1. The number of rotatable bonds is 6. The highest BCUT2D eigenvalue weighted by molar-refractivity contribution is 5.81. The van der Waals surface area contributed by atoms with Crippen molar-refractivity contribution in [1.29, 1.82) is 0 Å². The number of aromatic nitrogens is 3. The highest BCUT2D eigenvalue weighted by atomic mass is 19.3. The van der Waals surface area contributed by atoms with Crippen LogP contribution < -0.4 is 10.1 Å². The van der Waals surface area contributed by atoms with Crippen LogP contribution in [0.5, 0.6) is 5.75 Å². The van der Waals surface area contributed by atoms with E-state index in [1.165, 1.54) is 0 Å². The molecule has 0 aliphatic carbocycles. The first-order valence-corrected chi connectivity index (χ1v) is 9.93. The number of nitrogens with one attached hydrogen (secondary N) is 1. The third kappa shape index (κ3) is 4.17. The summed E-state index contributed by atoms with van der Waals surface area (Å²) in [5.41, 5.74) is 2.62. The highest BCUT2D eigenvalue weighted by Gasteiger charge is 2.21. The number of anilines is 1. The van der Waals surface area contributed by atoms with Gasteiger partial charge in [-0.05, 0) is 62.7 Å². The van der Waals surface area contributed by atoms with Gasteiger partial charge in [0.25, 0.3) is 0 Å². The Morgan fingerprint density at radius 3 is 2.93 bits per heavy atom. The van der Waals surface area contributed by atoms with Gasteiger partial charge < -0.3 is 15.0 Å². The lowest BCUT2D eigenvalue weighted by Crippen LogP contribution is -2.42. The number of ether oxygens (including phenoxy) is 1. The number of likely N-dealkylation sites (tertiary alicyclic amines) is 1. The molecule has 0 amide bonds. The summed E-state index contributed by atoms with van der Waals surface area (Å²) < 4.78 is 32.5. The zero-order chi connectivity index (χ0) is 20.4. The molecule has 0 bridgehead atoms. The van der Waals surface area contributed by atoms with Gasteiger partial charge in [-0.15, -0.1) is 10.2 Å². The van der Waals surface area contributed by atoms with Gasteiger partial charge in [0.05, 0.1) is 5.52 Å².